The van der Waals surface area contributed by atoms with Crippen molar-refractivity contribution in [1.29, 1.82) is 0 Å². The first-order valence-electron chi connectivity index (χ1n) is 4.80. The van der Waals surface area contributed by atoms with Crippen LogP contribution in [0.4, 0.5) is 10.1 Å². The molecule has 0 atom stereocenters. The second-order valence-electron chi connectivity index (χ2n) is 3.23. The fourth-order valence-electron chi connectivity index (χ4n) is 1.54. The van der Waals surface area contributed by atoms with Crippen LogP contribution in [-0.2, 0) is 0 Å². The number of halogens is 2. The van der Waals surface area contributed by atoms with Gasteiger partial charge >= 0.3 is 0 Å². The molecule has 0 aliphatic heterocycles. The molecule has 0 saturated carbocycles. The van der Waals surface area contributed by atoms with Gasteiger partial charge in [0.1, 0.15) is 5.82 Å². The van der Waals surface area contributed by atoms with Crippen LogP contribution in [0, 0.1) is 12.7 Å². The van der Waals surface area contributed by atoms with Gasteiger partial charge in [-0.3, -0.25) is 0 Å². The summed E-state index contributed by atoms with van der Waals surface area (Å²) in [5.74, 6) is -0.196. The van der Waals surface area contributed by atoms with Gasteiger partial charge < -0.3 is 4.90 Å². The highest BCUT2D eigenvalue weighted by molar-refractivity contribution is 9.10. The molecule has 3 heteroatoms. The number of rotatable bonds is 3. The summed E-state index contributed by atoms with van der Waals surface area (Å²) in [7, 11) is 0. The van der Waals surface area contributed by atoms with Crippen molar-refractivity contribution in [3.63, 3.8) is 0 Å². The highest BCUT2D eigenvalue weighted by Crippen LogP contribution is 2.26. The van der Waals surface area contributed by atoms with Crippen LogP contribution in [0.5, 0.6) is 0 Å². The third kappa shape index (κ3) is 2.27. The highest BCUT2D eigenvalue weighted by atomic mass is 79.9. The van der Waals surface area contributed by atoms with Crippen molar-refractivity contribution in [1.82, 2.24) is 0 Å². The van der Waals surface area contributed by atoms with E-state index in [1.54, 1.807) is 6.07 Å². The number of benzene rings is 1. The Bertz CT molecular complexity index is 321. The zero-order valence-electron chi connectivity index (χ0n) is 8.77. The lowest BCUT2D eigenvalue weighted by Gasteiger charge is -2.23. The minimum atomic E-state index is -0.196. The van der Waals surface area contributed by atoms with E-state index in [0.717, 1.165) is 24.3 Å². The Labute approximate surface area is 93.0 Å². The van der Waals surface area contributed by atoms with Gasteiger partial charge in [0.25, 0.3) is 0 Å². The molecule has 0 aliphatic rings. The normalized spacial score (nSPS) is 10.4. The van der Waals surface area contributed by atoms with Crippen LogP contribution in [0.15, 0.2) is 16.6 Å². The molecule has 0 unspecified atom stereocenters. The summed E-state index contributed by atoms with van der Waals surface area (Å²) in [6, 6.07) is 3.41. The van der Waals surface area contributed by atoms with E-state index in [4.69, 9.17) is 0 Å². The molecule has 1 rings (SSSR count). The van der Waals surface area contributed by atoms with E-state index in [2.05, 4.69) is 34.7 Å². The fraction of sp³-hybridized carbons (Fsp3) is 0.455. The van der Waals surface area contributed by atoms with E-state index in [9.17, 15) is 4.39 Å². The van der Waals surface area contributed by atoms with Crippen molar-refractivity contribution in [2.24, 2.45) is 0 Å². The quantitative estimate of drug-likeness (QED) is 0.800. The molecule has 0 bridgehead atoms. The number of anilines is 1. The Morgan fingerprint density at radius 1 is 1.29 bits per heavy atom. The minimum absolute atomic E-state index is 0.196. The van der Waals surface area contributed by atoms with E-state index in [-0.39, 0.29) is 5.82 Å². The Morgan fingerprint density at radius 3 is 2.36 bits per heavy atom. The van der Waals surface area contributed by atoms with Crippen molar-refractivity contribution in [2.75, 3.05) is 18.0 Å². The molecule has 0 spiro atoms. The van der Waals surface area contributed by atoms with Crippen molar-refractivity contribution in [2.45, 2.75) is 20.8 Å². The van der Waals surface area contributed by atoms with Crippen LogP contribution in [0.1, 0.15) is 19.4 Å². The van der Waals surface area contributed by atoms with Gasteiger partial charge in [0, 0.05) is 18.8 Å². The van der Waals surface area contributed by atoms with Crippen molar-refractivity contribution >= 4 is 21.6 Å². The van der Waals surface area contributed by atoms with Crippen LogP contribution in [0.3, 0.4) is 0 Å². The molecule has 0 radical (unpaired) electrons. The smallest absolute Gasteiger partial charge is 0.137 e. The van der Waals surface area contributed by atoms with Gasteiger partial charge in [-0.1, -0.05) is 0 Å². The van der Waals surface area contributed by atoms with E-state index in [0.29, 0.717) is 4.47 Å². The number of aryl methyl sites for hydroxylation is 1. The second-order valence-corrected chi connectivity index (χ2v) is 4.08. The predicted octanol–water partition coefficient (Wildman–Crippen LogP) is 3.74. The Kier molecular flexibility index (Phi) is 3.93. The predicted molar refractivity (Wildman–Crippen MR) is 62.4 cm³/mol. The van der Waals surface area contributed by atoms with E-state index in [1.807, 2.05) is 13.0 Å². The molecular weight excluding hydrogens is 245 g/mol. The molecule has 14 heavy (non-hydrogen) atoms. The zero-order valence-corrected chi connectivity index (χ0v) is 10.4. The molecular formula is C11H15BrFN. The second kappa shape index (κ2) is 4.78. The van der Waals surface area contributed by atoms with Gasteiger partial charge in [-0.15, -0.1) is 0 Å². The number of hydrogen-bond donors (Lipinski definition) is 0. The molecule has 0 saturated heterocycles. The molecule has 0 aliphatic carbocycles. The summed E-state index contributed by atoms with van der Waals surface area (Å²) in [4.78, 5) is 2.21. The highest BCUT2D eigenvalue weighted by Gasteiger charge is 2.09. The lowest BCUT2D eigenvalue weighted by molar-refractivity contribution is 0.619. The van der Waals surface area contributed by atoms with Crippen molar-refractivity contribution in [3.05, 3.63) is 28.0 Å². The Hall–Kier alpha value is -0.570. The van der Waals surface area contributed by atoms with Crippen LogP contribution in [-0.4, -0.2) is 13.1 Å². The Balaban J connectivity index is 3.14. The third-order valence-corrected chi connectivity index (χ3v) is 2.95. The molecule has 1 aromatic carbocycles. The Morgan fingerprint density at radius 2 is 1.86 bits per heavy atom. The van der Waals surface area contributed by atoms with Gasteiger partial charge in [-0.05, 0) is 54.4 Å². The molecule has 0 heterocycles. The summed E-state index contributed by atoms with van der Waals surface area (Å²) in [5.41, 5.74) is 2.08. The molecule has 0 amide bonds. The topological polar surface area (TPSA) is 3.24 Å². The van der Waals surface area contributed by atoms with Crippen molar-refractivity contribution < 1.29 is 4.39 Å². The maximum Gasteiger partial charge on any atom is 0.137 e. The molecule has 0 N–H and O–H groups in total. The summed E-state index contributed by atoms with van der Waals surface area (Å²) < 4.78 is 13.7. The molecule has 1 aromatic rings. The maximum absolute atomic E-state index is 13.2. The van der Waals surface area contributed by atoms with Crippen LogP contribution < -0.4 is 4.90 Å². The van der Waals surface area contributed by atoms with Gasteiger partial charge in [0.2, 0.25) is 0 Å². The molecule has 0 aromatic heterocycles. The van der Waals surface area contributed by atoms with Gasteiger partial charge in [0.15, 0.2) is 0 Å². The first kappa shape index (κ1) is 11.5. The summed E-state index contributed by atoms with van der Waals surface area (Å²) in [6.07, 6.45) is 0. The monoisotopic (exact) mass is 259 g/mol. The first-order valence-corrected chi connectivity index (χ1v) is 5.60. The largest absolute Gasteiger partial charge is 0.372 e. The lowest BCUT2D eigenvalue weighted by Crippen LogP contribution is -2.22. The van der Waals surface area contributed by atoms with Crippen LogP contribution in [0.2, 0.25) is 0 Å². The summed E-state index contributed by atoms with van der Waals surface area (Å²) in [6.45, 7) is 8.01. The standard InChI is InChI=1S/C11H15BrFN/c1-4-14(5-2)11-7-9(12)10(13)6-8(11)3/h6-7H,4-5H2,1-3H3. The van der Waals surface area contributed by atoms with Gasteiger partial charge in [-0.2, -0.15) is 0 Å². The maximum atomic E-state index is 13.2. The van der Waals surface area contributed by atoms with E-state index < -0.39 is 0 Å². The summed E-state index contributed by atoms with van der Waals surface area (Å²) in [5, 5.41) is 0. The lowest BCUT2D eigenvalue weighted by atomic mass is 10.1. The minimum Gasteiger partial charge on any atom is -0.372 e. The van der Waals surface area contributed by atoms with Gasteiger partial charge in [-0.25, -0.2) is 4.39 Å². The zero-order chi connectivity index (χ0) is 10.7. The average molecular weight is 260 g/mol. The van der Waals surface area contributed by atoms with Crippen molar-refractivity contribution in [3.8, 4) is 0 Å². The van der Waals surface area contributed by atoms with Gasteiger partial charge in [0.05, 0.1) is 4.47 Å². The summed E-state index contributed by atoms with van der Waals surface area (Å²) >= 11 is 3.21. The molecule has 0 fully saturated rings. The van der Waals surface area contributed by atoms with E-state index >= 15 is 0 Å². The van der Waals surface area contributed by atoms with Crippen LogP contribution >= 0.6 is 15.9 Å². The number of nitrogens with zero attached hydrogens (tertiary/aromatic N) is 1. The fourth-order valence-corrected chi connectivity index (χ4v) is 1.87. The third-order valence-electron chi connectivity index (χ3n) is 2.34. The molecule has 1 nitrogen and oxygen atoms in total. The molecule has 78 valence electrons. The average Bonchev–Trinajstić information content (AvgIpc) is 2.15. The SMILES string of the molecule is CCN(CC)c1cc(Br)c(F)cc1C. The number of hydrogen-bond acceptors (Lipinski definition) is 1. The first-order chi connectivity index (χ1) is 6.60. The van der Waals surface area contributed by atoms with Crippen LogP contribution in [0.25, 0.3) is 0 Å². The van der Waals surface area contributed by atoms with E-state index in [1.165, 1.54) is 0 Å².